The van der Waals surface area contributed by atoms with Crippen LogP contribution in [0.4, 0.5) is 0 Å². The van der Waals surface area contributed by atoms with Crippen LogP contribution < -0.4 is 0 Å². The summed E-state index contributed by atoms with van der Waals surface area (Å²) in [5.41, 5.74) is 5.21. The number of aromatic nitrogens is 3. The predicted molar refractivity (Wildman–Crippen MR) is 84.3 cm³/mol. The fourth-order valence-electron chi connectivity index (χ4n) is 3.44. The summed E-state index contributed by atoms with van der Waals surface area (Å²) in [6.45, 7) is 5.45. The van der Waals surface area contributed by atoms with Gasteiger partial charge in [-0.2, -0.15) is 5.10 Å². The van der Waals surface area contributed by atoms with Crippen molar-refractivity contribution in [2.24, 2.45) is 0 Å². The summed E-state index contributed by atoms with van der Waals surface area (Å²) < 4.78 is 0. The van der Waals surface area contributed by atoms with Crippen LogP contribution in [0.3, 0.4) is 0 Å². The van der Waals surface area contributed by atoms with Crippen LogP contribution in [-0.4, -0.2) is 33.2 Å². The molecule has 0 bridgehead atoms. The lowest BCUT2D eigenvalue weighted by molar-refractivity contribution is 0.326. The predicted octanol–water partition coefficient (Wildman–Crippen LogP) is 3.19. The van der Waals surface area contributed by atoms with E-state index in [1.54, 1.807) is 0 Å². The van der Waals surface area contributed by atoms with Crippen molar-refractivity contribution in [3.8, 4) is 0 Å². The molecular weight excluding hydrogens is 260 g/mol. The number of nitrogens with zero attached hydrogens (tertiary/aromatic N) is 2. The van der Waals surface area contributed by atoms with Crippen molar-refractivity contribution in [3.05, 3.63) is 53.5 Å². The van der Waals surface area contributed by atoms with E-state index in [9.17, 15) is 0 Å². The summed E-state index contributed by atoms with van der Waals surface area (Å²) in [4.78, 5) is 5.79. The molecule has 4 nitrogen and oxygen atoms in total. The van der Waals surface area contributed by atoms with Crippen molar-refractivity contribution in [1.29, 1.82) is 0 Å². The third kappa shape index (κ3) is 2.36. The van der Waals surface area contributed by atoms with Crippen LogP contribution in [0.2, 0.25) is 0 Å². The Labute approximate surface area is 124 Å². The molecule has 1 saturated heterocycles. The summed E-state index contributed by atoms with van der Waals surface area (Å²) >= 11 is 0. The molecule has 1 aliphatic rings. The van der Waals surface area contributed by atoms with Gasteiger partial charge in [0.25, 0.3) is 0 Å². The Bertz CT molecular complexity index is 755. The average Bonchev–Trinajstić information content (AvgIpc) is 3.18. The number of H-pyrrole nitrogens is 2. The van der Waals surface area contributed by atoms with Gasteiger partial charge in [-0.25, -0.2) is 0 Å². The standard InChI is InChI=1S/C17H20N4/c1-12-9-19-20-17(12)15-5-7-21(11-15)10-13-2-3-16-14(8-13)4-6-18-16/h2-4,6,8-9,15,18H,5,7,10-11H2,1H3,(H,19,20)/t15-/m0/s1. The molecule has 3 aromatic rings. The van der Waals surface area contributed by atoms with Crippen molar-refractivity contribution >= 4 is 10.9 Å². The molecule has 0 radical (unpaired) electrons. The van der Waals surface area contributed by atoms with Crippen LogP contribution in [0.5, 0.6) is 0 Å². The Morgan fingerprint density at radius 1 is 1.33 bits per heavy atom. The normalized spacial score (nSPS) is 19.6. The molecular formula is C17H20N4. The maximum atomic E-state index is 4.16. The molecule has 2 N–H and O–H groups in total. The van der Waals surface area contributed by atoms with Gasteiger partial charge in [-0.05, 0) is 54.6 Å². The first-order chi connectivity index (χ1) is 10.3. The molecule has 0 saturated carbocycles. The van der Waals surface area contributed by atoms with Gasteiger partial charge in [-0.15, -0.1) is 0 Å². The van der Waals surface area contributed by atoms with Crippen LogP contribution in [0, 0.1) is 6.92 Å². The van der Waals surface area contributed by atoms with Crippen LogP contribution in [-0.2, 0) is 6.54 Å². The van der Waals surface area contributed by atoms with Gasteiger partial charge in [0.05, 0.1) is 6.20 Å². The van der Waals surface area contributed by atoms with Crippen LogP contribution in [0.1, 0.15) is 29.2 Å². The van der Waals surface area contributed by atoms with Gasteiger partial charge in [0, 0.05) is 36.4 Å². The molecule has 108 valence electrons. The molecule has 1 fully saturated rings. The number of rotatable bonds is 3. The van der Waals surface area contributed by atoms with E-state index in [-0.39, 0.29) is 0 Å². The molecule has 4 rings (SSSR count). The molecule has 3 heterocycles. The number of aryl methyl sites for hydroxylation is 1. The maximum Gasteiger partial charge on any atom is 0.0519 e. The highest BCUT2D eigenvalue weighted by Gasteiger charge is 2.26. The van der Waals surface area contributed by atoms with E-state index >= 15 is 0 Å². The van der Waals surface area contributed by atoms with Crippen molar-refractivity contribution in [1.82, 2.24) is 20.1 Å². The Morgan fingerprint density at radius 2 is 2.29 bits per heavy atom. The third-order valence-electron chi connectivity index (χ3n) is 4.57. The Hall–Kier alpha value is -2.07. The van der Waals surface area contributed by atoms with E-state index in [2.05, 4.69) is 51.3 Å². The zero-order valence-corrected chi connectivity index (χ0v) is 12.3. The second-order valence-electron chi connectivity index (χ2n) is 6.09. The SMILES string of the molecule is Cc1cn[nH]c1[C@H]1CCN(Cc2ccc3[nH]ccc3c2)C1. The van der Waals surface area contributed by atoms with Gasteiger partial charge in [0.15, 0.2) is 0 Å². The molecule has 1 aromatic carbocycles. The molecule has 1 atom stereocenters. The molecule has 21 heavy (non-hydrogen) atoms. The zero-order valence-electron chi connectivity index (χ0n) is 12.3. The third-order valence-corrected chi connectivity index (χ3v) is 4.57. The van der Waals surface area contributed by atoms with E-state index < -0.39 is 0 Å². The van der Waals surface area contributed by atoms with Crippen molar-refractivity contribution in [3.63, 3.8) is 0 Å². The highest BCUT2D eigenvalue weighted by molar-refractivity contribution is 5.79. The van der Waals surface area contributed by atoms with Gasteiger partial charge in [-0.1, -0.05) is 6.07 Å². The van der Waals surface area contributed by atoms with Crippen LogP contribution in [0.15, 0.2) is 36.7 Å². The summed E-state index contributed by atoms with van der Waals surface area (Å²) in [5, 5.41) is 8.63. The highest BCUT2D eigenvalue weighted by Crippen LogP contribution is 2.29. The number of hydrogen-bond acceptors (Lipinski definition) is 2. The molecule has 1 aliphatic heterocycles. The first-order valence-electron chi connectivity index (χ1n) is 7.58. The number of benzene rings is 1. The number of nitrogens with one attached hydrogen (secondary N) is 2. The lowest BCUT2D eigenvalue weighted by Crippen LogP contribution is -2.19. The summed E-state index contributed by atoms with van der Waals surface area (Å²) in [7, 11) is 0. The second-order valence-corrected chi connectivity index (χ2v) is 6.09. The van der Waals surface area contributed by atoms with E-state index in [0.717, 1.165) is 19.6 Å². The van der Waals surface area contributed by atoms with Crippen molar-refractivity contribution in [2.45, 2.75) is 25.8 Å². The molecule has 2 aromatic heterocycles. The van der Waals surface area contributed by atoms with Gasteiger partial charge in [0.1, 0.15) is 0 Å². The monoisotopic (exact) mass is 280 g/mol. The number of fused-ring (bicyclic) bond motifs is 1. The minimum atomic E-state index is 0.600. The van der Waals surface area contributed by atoms with E-state index in [0.29, 0.717) is 5.92 Å². The summed E-state index contributed by atoms with van der Waals surface area (Å²) in [6.07, 6.45) is 5.15. The van der Waals surface area contributed by atoms with E-state index in [1.807, 2.05) is 12.4 Å². The highest BCUT2D eigenvalue weighted by atomic mass is 15.2. The van der Waals surface area contributed by atoms with Crippen LogP contribution in [0.25, 0.3) is 10.9 Å². The molecule has 0 aliphatic carbocycles. The number of hydrogen-bond donors (Lipinski definition) is 2. The smallest absolute Gasteiger partial charge is 0.0519 e. The van der Waals surface area contributed by atoms with Gasteiger partial charge in [0.2, 0.25) is 0 Å². The minimum absolute atomic E-state index is 0.600. The van der Waals surface area contributed by atoms with Gasteiger partial charge >= 0.3 is 0 Å². The summed E-state index contributed by atoms with van der Waals surface area (Å²) in [6, 6.07) is 8.84. The first kappa shape index (κ1) is 12.7. The first-order valence-corrected chi connectivity index (χ1v) is 7.58. The number of likely N-dealkylation sites (tertiary alicyclic amines) is 1. The number of aromatic amines is 2. The van der Waals surface area contributed by atoms with E-state index in [4.69, 9.17) is 0 Å². The summed E-state index contributed by atoms with van der Waals surface area (Å²) in [5.74, 6) is 0.600. The molecule has 0 amide bonds. The molecule has 4 heteroatoms. The minimum Gasteiger partial charge on any atom is -0.361 e. The molecule has 0 spiro atoms. The van der Waals surface area contributed by atoms with Gasteiger partial charge < -0.3 is 4.98 Å². The molecule has 0 unspecified atom stereocenters. The van der Waals surface area contributed by atoms with Crippen LogP contribution >= 0.6 is 0 Å². The van der Waals surface area contributed by atoms with Gasteiger partial charge in [-0.3, -0.25) is 10.00 Å². The topological polar surface area (TPSA) is 47.7 Å². The quantitative estimate of drug-likeness (QED) is 0.774. The second kappa shape index (κ2) is 5.04. The Kier molecular flexibility index (Phi) is 3.04. The lowest BCUT2D eigenvalue weighted by atomic mass is 10.0. The maximum absolute atomic E-state index is 4.16. The Balaban J connectivity index is 1.47. The fraction of sp³-hybridized carbons (Fsp3) is 0.353. The lowest BCUT2D eigenvalue weighted by Gasteiger charge is -2.16. The van der Waals surface area contributed by atoms with Crippen molar-refractivity contribution < 1.29 is 0 Å². The average molecular weight is 280 g/mol. The fourth-order valence-corrected chi connectivity index (χ4v) is 3.44. The van der Waals surface area contributed by atoms with Crippen molar-refractivity contribution in [2.75, 3.05) is 13.1 Å². The van der Waals surface area contributed by atoms with E-state index in [1.165, 1.54) is 34.1 Å². The zero-order chi connectivity index (χ0) is 14.2. The largest absolute Gasteiger partial charge is 0.361 e. The Morgan fingerprint density at radius 3 is 3.14 bits per heavy atom.